The molecule has 1 unspecified atom stereocenters. The average molecular weight is 463 g/mol. The van der Waals surface area contributed by atoms with Crippen LogP contribution in [-0.4, -0.2) is 51.8 Å². The minimum Gasteiger partial charge on any atom is -0.493 e. The minimum atomic E-state index is -0.364. The van der Waals surface area contributed by atoms with E-state index in [0.29, 0.717) is 33.4 Å². The van der Waals surface area contributed by atoms with Crippen LogP contribution in [0, 0.1) is 5.82 Å². The van der Waals surface area contributed by atoms with Gasteiger partial charge in [0.1, 0.15) is 5.82 Å². The van der Waals surface area contributed by atoms with Crippen LogP contribution >= 0.6 is 11.6 Å². The van der Waals surface area contributed by atoms with Crippen molar-refractivity contribution in [1.29, 1.82) is 0 Å². The average Bonchev–Trinajstić information content (AvgIpc) is 3.33. The van der Waals surface area contributed by atoms with Gasteiger partial charge in [0.25, 0.3) is 0 Å². The fourth-order valence-corrected chi connectivity index (χ4v) is 4.21. The largest absolute Gasteiger partial charge is 0.493 e. The Balaban J connectivity index is 1.74. The van der Waals surface area contributed by atoms with Crippen LogP contribution in [0.1, 0.15) is 30.0 Å². The van der Waals surface area contributed by atoms with Crippen molar-refractivity contribution in [2.45, 2.75) is 18.9 Å². The van der Waals surface area contributed by atoms with E-state index in [1.807, 2.05) is 0 Å². The lowest BCUT2D eigenvalue weighted by Crippen LogP contribution is -2.36. The minimum absolute atomic E-state index is 0.249. The lowest BCUT2D eigenvalue weighted by Gasteiger charge is -2.29. The fourth-order valence-electron chi connectivity index (χ4n) is 3.92. The second kappa shape index (κ2) is 11.2. The zero-order valence-corrected chi connectivity index (χ0v) is 19.2. The van der Waals surface area contributed by atoms with E-state index in [0.717, 1.165) is 25.9 Å². The van der Waals surface area contributed by atoms with E-state index in [1.165, 1.54) is 33.5 Å². The molecule has 1 atom stereocenters. The number of hydrogen-bond donors (Lipinski definition) is 1. The van der Waals surface area contributed by atoms with Gasteiger partial charge in [0, 0.05) is 23.2 Å². The molecule has 1 amide bonds. The Hall–Kier alpha value is -2.77. The van der Waals surface area contributed by atoms with E-state index >= 15 is 0 Å². The maximum Gasteiger partial charge on any atom is 0.244 e. The van der Waals surface area contributed by atoms with Gasteiger partial charge in [-0.3, -0.25) is 9.69 Å². The molecule has 2 aromatic carbocycles. The molecule has 3 rings (SSSR count). The molecule has 172 valence electrons. The quantitative estimate of drug-likeness (QED) is 0.557. The van der Waals surface area contributed by atoms with Gasteiger partial charge in [0.15, 0.2) is 11.5 Å². The molecule has 0 bridgehead atoms. The summed E-state index contributed by atoms with van der Waals surface area (Å²) in [5.74, 6) is 0.809. The summed E-state index contributed by atoms with van der Waals surface area (Å²) < 4.78 is 30.6. The summed E-state index contributed by atoms with van der Waals surface area (Å²) in [6, 6.07) is 7.82. The highest BCUT2D eigenvalue weighted by molar-refractivity contribution is 6.31. The molecule has 8 heteroatoms. The highest BCUT2D eigenvalue weighted by atomic mass is 35.5. The molecule has 0 radical (unpaired) electrons. The number of rotatable bonds is 9. The molecule has 0 aromatic heterocycles. The number of halogens is 2. The molecular weight excluding hydrogens is 435 g/mol. The molecule has 6 nitrogen and oxygen atoms in total. The van der Waals surface area contributed by atoms with Crippen LogP contribution in [0.4, 0.5) is 4.39 Å². The van der Waals surface area contributed by atoms with Crippen molar-refractivity contribution in [1.82, 2.24) is 10.2 Å². The topological polar surface area (TPSA) is 60.0 Å². The number of methoxy groups -OCH3 is 3. The lowest BCUT2D eigenvalue weighted by molar-refractivity contribution is -0.116. The number of hydrogen-bond acceptors (Lipinski definition) is 5. The molecule has 0 aliphatic carbocycles. The van der Waals surface area contributed by atoms with Crippen molar-refractivity contribution in [3.63, 3.8) is 0 Å². The monoisotopic (exact) mass is 462 g/mol. The zero-order valence-electron chi connectivity index (χ0n) is 18.5. The third kappa shape index (κ3) is 5.53. The van der Waals surface area contributed by atoms with E-state index in [2.05, 4.69) is 10.2 Å². The highest BCUT2D eigenvalue weighted by Crippen LogP contribution is 2.38. The van der Waals surface area contributed by atoms with Crippen LogP contribution in [0.15, 0.2) is 36.4 Å². The van der Waals surface area contributed by atoms with Crippen molar-refractivity contribution in [3.05, 3.63) is 58.4 Å². The second-order valence-corrected chi connectivity index (χ2v) is 7.84. The third-order valence-corrected chi connectivity index (χ3v) is 5.83. The Morgan fingerprint density at radius 1 is 1.16 bits per heavy atom. The van der Waals surface area contributed by atoms with Crippen LogP contribution < -0.4 is 19.5 Å². The summed E-state index contributed by atoms with van der Waals surface area (Å²) in [6.07, 6.45) is 5.15. The molecule has 1 saturated heterocycles. The van der Waals surface area contributed by atoms with E-state index in [1.54, 1.807) is 30.3 Å². The maximum absolute atomic E-state index is 14.6. The summed E-state index contributed by atoms with van der Waals surface area (Å²) in [5.41, 5.74) is 1.13. The summed E-state index contributed by atoms with van der Waals surface area (Å²) in [7, 11) is 4.59. The Morgan fingerprint density at radius 2 is 1.81 bits per heavy atom. The Bertz CT molecular complexity index is 931. The van der Waals surface area contributed by atoms with E-state index in [-0.39, 0.29) is 24.3 Å². The SMILES string of the molecule is COc1cc(/C=C/C(=O)NCC(c2c(F)cccc2Cl)N2CCCC2)cc(OC)c1OC. The van der Waals surface area contributed by atoms with Gasteiger partial charge in [-0.05, 0) is 61.8 Å². The fraction of sp³-hybridized carbons (Fsp3) is 0.375. The molecule has 2 aromatic rings. The van der Waals surface area contributed by atoms with Gasteiger partial charge in [-0.1, -0.05) is 17.7 Å². The van der Waals surface area contributed by atoms with Gasteiger partial charge in [0.2, 0.25) is 11.7 Å². The van der Waals surface area contributed by atoms with Crippen molar-refractivity contribution in [3.8, 4) is 17.2 Å². The standard InChI is InChI=1S/C24H28ClFN2O4/c1-30-20-13-16(14-21(31-2)24(20)32-3)9-10-22(29)27-15-19(28-11-4-5-12-28)23-17(25)7-6-8-18(23)26/h6-10,13-14,19H,4-5,11-12,15H2,1-3H3,(H,27,29)/b10-9+. The van der Waals surface area contributed by atoms with Crippen LogP contribution in [-0.2, 0) is 4.79 Å². The first kappa shape index (κ1) is 23.9. The maximum atomic E-state index is 14.6. The first-order valence-electron chi connectivity index (χ1n) is 10.4. The molecule has 1 heterocycles. The Labute approximate surface area is 192 Å². The van der Waals surface area contributed by atoms with Gasteiger partial charge >= 0.3 is 0 Å². The smallest absolute Gasteiger partial charge is 0.244 e. The number of amides is 1. The predicted octanol–water partition coefficient (Wildman–Crippen LogP) is 4.47. The molecule has 1 aliphatic rings. The van der Waals surface area contributed by atoms with Gasteiger partial charge < -0.3 is 19.5 Å². The molecule has 1 N–H and O–H groups in total. The number of carbonyl (C=O) groups is 1. The van der Waals surface area contributed by atoms with Crippen LogP contribution in [0.25, 0.3) is 6.08 Å². The summed E-state index contributed by atoms with van der Waals surface area (Å²) >= 11 is 6.31. The lowest BCUT2D eigenvalue weighted by atomic mass is 10.0. The molecule has 1 aliphatic heterocycles. The zero-order chi connectivity index (χ0) is 23.1. The number of likely N-dealkylation sites (tertiary alicyclic amines) is 1. The number of nitrogens with zero attached hydrogens (tertiary/aromatic N) is 1. The molecule has 0 saturated carbocycles. The van der Waals surface area contributed by atoms with Gasteiger partial charge in [0.05, 0.1) is 27.4 Å². The number of nitrogens with one attached hydrogen (secondary N) is 1. The first-order valence-corrected chi connectivity index (χ1v) is 10.8. The van der Waals surface area contributed by atoms with Crippen molar-refractivity contribution < 1.29 is 23.4 Å². The van der Waals surface area contributed by atoms with Crippen molar-refractivity contribution in [2.75, 3.05) is 41.0 Å². The van der Waals surface area contributed by atoms with Crippen molar-refractivity contribution >= 4 is 23.6 Å². The van der Waals surface area contributed by atoms with Crippen molar-refractivity contribution in [2.24, 2.45) is 0 Å². The van der Waals surface area contributed by atoms with E-state index < -0.39 is 0 Å². The van der Waals surface area contributed by atoms with Crippen LogP contribution in [0.2, 0.25) is 5.02 Å². The van der Waals surface area contributed by atoms with Gasteiger partial charge in [-0.15, -0.1) is 0 Å². The number of carbonyl (C=O) groups excluding carboxylic acids is 1. The molecule has 0 spiro atoms. The van der Waals surface area contributed by atoms with E-state index in [9.17, 15) is 9.18 Å². The Kier molecular flexibility index (Phi) is 8.36. The predicted molar refractivity (Wildman–Crippen MR) is 123 cm³/mol. The molecular formula is C24H28ClFN2O4. The molecule has 32 heavy (non-hydrogen) atoms. The van der Waals surface area contributed by atoms with Crippen LogP contribution in [0.5, 0.6) is 17.2 Å². The summed E-state index contributed by atoms with van der Waals surface area (Å²) in [4.78, 5) is 14.7. The normalized spacial score (nSPS) is 15.0. The summed E-state index contributed by atoms with van der Waals surface area (Å²) in [6.45, 7) is 1.93. The Morgan fingerprint density at radius 3 is 2.38 bits per heavy atom. The number of ether oxygens (including phenoxy) is 3. The van der Waals surface area contributed by atoms with E-state index in [4.69, 9.17) is 25.8 Å². The van der Waals surface area contributed by atoms with Gasteiger partial charge in [-0.25, -0.2) is 4.39 Å². The molecule has 1 fully saturated rings. The van der Waals surface area contributed by atoms with Gasteiger partial charge in [-0.2, -0.15) is 0 Å². The summed E-state index contributed by atoms with van der Waals surface area (Å²) in [5, 5.41) is 3.25. The second-order valence-electron chi connectivity index (χ2n) is 7.43. The highest BCUT2D eigenvalue weighted by Gasteiger charge is 2.27. The first-order chi connectivity index (χ1) is 15.5. The number of benzene rings is 2. The van der Waals surface area contributed by atoms with Crippen LogP contribution in [0.3, 0.4) is 0 Å². The third-order valence-electron chi connectivity index (χ3n) is 5.50.